The van der Waals surface area contributed by atoms with Gasteiger partial charge in [0.1, 0.15) is 5.75 Å². The molecule has 1 aliphatic heterocycles. The smallest absolute Gasteiger partial charge is 0.387 e. The van der Waals surface area contributed by atoms with Gasteiger partial charge in [-0.2, -0.15) is 8.78 Å². The molecule has 112 valence electrons. The van der Waals surface area contributed by atoms with Gasteiger partial charge in [0.05, 0.1) is 0 Å². The highest BCUT2D eigenvalue weighted by Crippen LogP contribution is 2.19. The van der Waals surface area contributed by atoms with Gasteiger partial charge in [-0.05, 0) is 37.6 Å². The van der Waals surface area contributed by atoms with Crippen LogP contribution in [-0.2, 0) is 17.3 Å². The zero-order valence-corrected chi connectivity index (χ0v) is 12.2. The van der Waals surface area contributed by atoms with Crippen LogP contribution in [0.1, 0.15) is 18.4 Å². The number of alkyl halides is 2. The van der Waals surface area contributed by atoms with Crippen LogP contribution in [0.5, 0.6) is 5.75 Å². The highest BCUT2D eigenvalue weighted by Gasteiger charge is 2.21. The number of benzene rings is 1. The second-order valence-corrected chi connectivity index (χ2v) is 6.71. The third-order valence-corrected chi connectivity index (χ3v) is 4.94. The minimum absolute atomic E-state index is 0.180. The Morgan fingerprint density at radius 3 is 2.45 bits per heavy atom. The lowest BCUT2D eigenvalue weighted by Gasteiger charge is -2.30. The summed E-state index contributed by atoms with van der Waals surface area (Å²) in [6.07, 6.45) is 1.91. The number of nitrogens with zero attached hydrogens (tertiary/aromatic N) is 1. The molecule has 0 unspecified atom stereocenters. The minimum Gasteiger partial charge on any atom is -0.435 e. The van der Waals surface area contributed by atoms with Gasteiger partial charge in [-0.15, -0.1) is 0 Å². The number of rotatable bonds is 5. The van der Waals surface area contributed by atoms with E-state index in [1.807, 2.05) is 7.05 Å². The Hall–Kier alpha value is -1.01. The summed E-state index contributed by atoms with van der Waals surface area (Å²) in [6, 6.07) is 7.17. The molecular formula is C14H19F2NO2S. The molecule has 0 saturated carbocycles. The van der Waals surface area contributed by atoms with Crippen LogP contribution in [-0.4, -0.2) is 40.3 Å². The van der Waals surface area contributed by atoms with Crippen LogP contribution >= 0.6 is 0 Å². The SMILES string of the molecule is CN(Cc1ccc(OC(F)F)cc1)C1CCS(=O)CC1. The van der Waals surface area contributed by atoms with E-state index in [4.69, 9.17) is 0 Å². The lowest BCUT2D eigenvalue weighted by molar-refractivity contribution is -0.0498. The molecule has 0 spiro atoms. The van der Waals surface area contributed by atoms with Crippen LogP contribution < -0.4 is 4.74 Å². The highest BCUT2D eigenvalue weighted by molar-refractivity contribution is 7.85. The van der Waals surface area contributed by atoms with Crippen molar-refractivity contribution in [1.82, 2.24) is 4.90 Å². The molecule has 0 radical (unpaired) electrons. The van der Waals surface area contributed by atoms with Crippen molar-refractivity contribution in [2.75, 3.05) is 18.6 Å². The Balaban J connectivity index is 1.87. The fourth-order valence-electron chi connectivity index (χ4n) is 2.42. The number of ether oxygens (including phenoxy) is 1. The first kappa shape index (κ1) is 15.4. The molecule has 2 rings (SSSR count). The molecule has 0 aromatic heterocycles. The average molecular weight is 303 g/mol. The fraction of sp³-hybridized carbons (Fsp3) is 0.571. The predicted octanol–water partition coefficient (Wildman–Crippen LogP) is 2.63. The summed E-state index contributed by atoms with van der Waals surface area (Å²) in [5.74, 6) is 1.73. The van der Waals surface area contributed by atoms with Crippen LogP contribution in [0.25, 0.3) is 0 Å². The Kier molecular flexibility index (Phi) is 5.48. The molecule has 6 heteroatoms. The Morgan fingerprint density at radius 2 is 1.90 bits per heavy atom. The first-order valence-corrected chi connectivity index (χ1v) is 8.12. The third-order valence-electron chi connectivity index (χ3n) is 3.56. The second-order valence-electron chi connectivity index (χ2n) is 5.02. The first-order valence-electron chi connectivity index (χ1n) is 6.63. The summed E-state index contributed by atoms with van der Waals surface area (Å²) in [4.78, 5) is 2.24. The average Bonchev–Trinajstić information content (AvgIpc) is 2.41. The van der Waals surface area contributed by atoms with E-state index in [-0.39, 0.29) is 5.75 Å². The van der Waals surface area contributed by atoms with E-state index in [1.54, 1.807) is 24.3 Å². The van der Waals surface area contributed by atoms with E-state index in [0.29, 0.717) is 6.04 Å². The van der Waals surface area contributed by atoms with E-state index in [0.717, 1.165) is 36.5 Å². The van der Waals surface area contributed by atoms with Gasteiger partial charge >= 0.3 is 6.61 Å². The highest BCUT2D eigenvalue weighted by atomic mass is 32.2. The van der Waals surface area contributed by atoms with E-state index < -0.39 is 17.4 Å². The molecule has 1 fully saturated rings. The largest absolute Gasteiger partial charge is 0.435 e. The van der Waals surface area contributed by atoms with Gasteiger partial charge in [0, 0.05) is 34.9 Å². The van der Waals surface area contributed by atoms with Gasteiger partial charge in [0.15, 0.2) is 0 Å². The van der Waals surface area contributed by atoms with E-state index >= 15 is 0 Å². The van der Waals surface area contributed by atoms with Gasteiger partial charge in [-0.25, -0.2) is 0 Å². The van der Waals surface area contributed by atoms with Crippen molar-refractivity contribution in [2.45, 2.75) is 32.0 Å². The van der Waals surface area contributed by atoms with Crippen molar-refractivity contribution in [1.29, 1.82) is 0 Å². The van der Waals surface area contributed by atoms with Gasteiger partial charge in [-0.1, -0.05) is 12.1 Å². The normalized spacial score (nSPS) is 23.2. The predicted molar refractivity (Wildman–Crippen MR) is 75.4 cm³/mol. The summed E-state index contributed by atoms with van der Waals surface area (Å²) < 4.78 is 39.8. The van der Waals surface area contributed by atoms with Crippen molar-refractivity contribution in [2.24, 2.45) is 0 Å². The number of halogens is 2. The van der Waals surface area contributed by atoms with Crippen LogP contribution in [0.15, 0.2) is 24.3 Å². The quantitative estimate of drug-likeness (QED) is 0.837. The molecule has 0 atom stereocenters. The molecule has 0 aliphatic carbocycles. The Morgan fingerprint density at radius 1 is 1.30 bits per heavy atom. The Labute approximate surface area is 120 Å². The molecule has 1 aromatic rings. The summed E-state index contributed by atoms with van der Waals surface area (Å²) >= 11 is 0. The first-order chi connectivity index (χ1) is 9.54. The number of hydrogen-bond donors (Lipinski definition) is 0. The minimum atomic E-state index is -2.79. The molecule has 1 aromatic carbocycles. The van der Waals surface area contributed by atoms with Crippen molar-refractivity contribution in [3.05, 3.63) is 29.8 Å². The molecular weight excluding hydrogens is 284 g/mol. The second kappa shape index (κ2) is 7.13. The van der Waals surface area contributed by atoms with Crippen molar-refractivity contribution in [3.8, 4) is 5.75 Å². The molecule has 0 N–H and O–H groups in total. The van der Waals surface area contributed by atoms with Crippen LogP contribution in [0.4, 0.5) is 8.78 Å². The zero-order chi connectivity index (χ0) is 14.5. The maximum Gasteiger partial charge on any atom is 0.387 e. The standard InChI is InChI=1S/C14H19F2NO2S/c1-17(12-6-8-20(18)9-7-12)10-11-2-4-13(5-3-11)19-14(15)16/h2-5,12,14H,6-10H2,1H3. The van der Waals surface area contributed by atoms with Crippen LogP contribution in [0.3, 0.4) is 0 Å². The summed E-state index contributed by atoms with van der Waals surface area (Å²) in [5, 5.41) is 0. The zero-order valence-electron chi connectivity index (χ0n) is 11.4. The maximum atomic E-state index is 12.1. The topological polar surface area (TPSA) is 29.5 Å². The lowest BCUT2D eigenvalue weighted by Crippen LogP contribution is -2.36. The maximum absolute atomic E-state index is 12.1. The van der Waals surface area contributed by atoms with E-state index in [9.17, 15) is 13.0 Å². The molecule has 0 amide bonds. The summed E-state index contributed by atoms with van der Waals surface area (Å²) in [5.41, 5.74) is 1.06. The number of hydrogen-bond acceptors (Lipinski definition) is 3. The lowest BCUT2D eigenvalue weighted by atomic mass is 10.1. The van der Waals surface area contributed by atoms with Crippen LogP contribution in [0, 0.1) is 0 Å². The van der Waals surface area contributed by atoms with E-state index in [1.165, 1.54) is 0 Å². The van der Waals surface area contributed by atoms with Crippen molar-refractivity contribution >= 4 is 10.8 Å². The summed E-state index contributed by atoms with van der Waals surface area (Å²) in [7, 11) is 1.40. The molecule has 1 saturated heterocycles. The molecule has 3 nitrogen and oxygen atoms in total. The fourth-order valence-corrected chi connectivity index (χ4v) is 3.69. The van der Waals surface area contributed by atoms with Gasteiger partial charge < -0.3 is 4.74 Å². The Bertz CT molecular complexity index is 443. The van der Waals surface area contributed by atoms with Crippen LogP contribution in [0.2, 0.25) is 0 Å². The monoisotopic (exact) mass is 303 g/mol. The molecule has 20 heavy (non-hydrogen) atoms. The third kappa shape index (κ3) is 4.52. The van der Waals surface area contributed by atoms with Gasteiger partial charge in [0.2, 0.25) is 0 Å². The van der Waals surface area contributed by atoms with Gasteiger partial charge in [-0.3, -0.25) is 9.11 Å². The van der Waals surface area contributed by atoms with Gasteiger partial charge in [0.25, 0.3) is 0 Å². The summed E-state index contributed by atoms with van der Waals surface area (Å²) in [6.45, 7) is -2.03. The van der Waals surface area contributed by atoms with Crippen molar-refractivity contribution < 1.29 is 17.7 Å². The van der Waals surface area contributed by atoms with Crippen molar-refractivity contribution in [3.63, 3.8) is 0 Å². The molecule has 0 bridgehead atoms. The van der Waals surface area contributed by atoms with E-state index in [2.05, 4.69) is 9.64 Å². The molecule has 1 heterocycles. The molecule has 1 aliphatic rings.